The van der Waals surface area contributed by atoms with Crippen molar-refractivity contribution in [2.45, 2.75) is 25.8 Å². The SMILES string of the molecule is CCNC(=O)c1ccc([N+](=O)[O-])c(NC2CCOCC2)c1. The number of nitrogens with one attached hydrogen (secondary N) is 2. The van der Waals surface area contributed by atoms with E-state index < -0.39 is 4.92 Å². The Morgan fingerprint density at radius 2 is 2.14 bits per heavy atom. The van der Waals surface area contributed by atoms with Crippen LogP contribution in [0.3, 0.4) is 0 Å². The second-order valence-corrected chi connectivity index (χ2v) is 4.88. The van der Waals surface area contributed by atoms with Gasteiger partial charge in [-0.3, -0.25) is 14.9 Å². The summed E-state index contributed by atoms with van der Waals surface area (Å²) in [7, 11) is 0. The van der Waals surface area contributed by atoms with Crippen LogP contribution in [0.15, 0.2) is 18.2 Å². The summed E-state index contributed by atoms with van der Waals surface area (Å²) in [5.41, 5.74) is 0.780. The first-order valence-electron chi connectivity index (χ1n) is 7.02. The summed E-state index contributed by atoms with van der Waals surface area (Å²) in [5, 5.41) is 17.0. The monoisotopic (exact) mass is 293 g/mol. The van der Waals surface area contributed by atoms with E-state index in [-0.39, 0.29) is 17.6 Å². The van der Waals surface area contributed by atoms with Crippen molar-refractivity contribution in [3.63, 3.8) is 0 Å². The molecule has 0 bridgehead atoms. The molecule has 1 saturated heterocycles. The Labute approximate surface area is 122 Å². The lowest BCUT2D eigenvalue weighted by Crippen LogP contribution is -2.28. The molecule has 7 heteroatoms. The average Bonchev–Trinajstić information content (AvgIpc) is 2.48. The molecule has 2 N–H and O–H groups in total. The Balaban J connectivity index is 2.23. The first kappa shape index (κ1) is 15.2. The summed E-state index contributed by atoms with van der Waals surface area (Å²) in [6, 6.07) is 4.50. The zero-order valence-electron chi connectivity index (χ0n) is 11.9. The van der Waals surface area contributed by atoms with Gasteiger partial charge >= 0.3 is 0 Å². The fraction of sp³-hybridized carbons (Fsp3) is 0.500. The van der Waals surface area contributed by atoms with Gasteiger partial charge in [0.25, 0.3) is 11.6 Å². The van der Waals surface area contributed by atoms with Gasteiger partial charge in [-0.2, -0.15) is 0 Å². The van der Waals surface area contributed by atoms with Crippen LogP contribution in [0, 0.1) is 10.1 Å². The number of anilines is 1. The Bertz CT molecular complexity index is 527. The summed E-state index contributed by atoms with van der Waals surface area (Å²) in [4.78, 5) is 22.5. The predicted octanol–water partition coefficient (Wildman–Crippen LogP) is 1.94. The van der Waals surface area contributed by atoms with Gasteiger partial charge in [0.1, 0.15) is 5.69 Å². The summed E-state index contributed by atoms with van der Waals surface area (Å²) in [6.07, 6.45) is 1.59. The highest BCUT2D eigenvalue weighted by Gasteiger charge is 2.21. The molecular weight excluding hydrogens is 274 g/mol. The third kappa shape index (κ3) is 3.91. The van der Waals surface area contributed by atoms with E-state index in [2.05, 4.69) is 10.6 Å². The van der Waals surface area contributed by atoms with Crippen molar-refractivity contribution in [1.29, 1.82) is 0 Å². The number of nitro benzene ring substituents is 1. The van der Waals surface area contributed by atoms with Crippen LogP contribution in [0.5, 0.6) is 0 Å². The average molecular weight is 293 g/mol. The molecular formula is C14H19N3O4. The number of ether oxygens (including phenoxy) is 1. The molecule has 1 aromatic carbocycles. The van der Waals surface area contributed by atoms with Crippen LogP contribution in [0.4, 0.5) is 11.4 Å². The van der Waals surface area contributed by atoms with Gasteiger partial charge in [0.2, 0.25) is 0 Å². The molecule has 1 aromatic rings. The number of nitrogens with zero attached hydrogens (tertiary/aromatic N) is 1. The van der Waals surface area contributed by atoms with Crippen molar-refractivity contribution in [3.8, 4) is 0 Å². The molecule has 1 aliphatic rings. The van der Waals surface area contributed by atoms with Crippen LogP contribution in [0.2, 0.25) is 0 Å². The van der Waals surface area contributed by atoms with Crippen molar-refractivity contribution >= 4 is 17.3 Å². The third-order valence-electron chi connectivity index (χ3n) is 3.37. The molecule has 7 nitrogen and oxygen atoms in total. The van der Waals surface area contributed by atoms with Gasteiger partial charge in [0, 0.05) is 37.4 Å². The number of benzene rings is 1. The lowest BCUT2D eigenvalue weighted by molar-refractivity contribution is -0.384. The maximum absolute atomic E-state index is 11.8. The highest BCUT2D eigenvalue weighted by Crippen LogP contribution is 2.27. The molecule has 0 atom stereocenters. The van der Waals surface area contributed by atoms with Gasteiger partial charge in [0.05, 0.1) is 4.92 Å². The van der Waals surface area contributed by atoms with Crippen molar-refractivity contribution < 1.29 is 14.5 Å². The Hall–Kier alpha value is -2.15. The lowest BCUT2D eigenvalue weighted by Gasteiger charge is -2.24. The summed E-state index contributed by atoms with van der Waals surface area (Å²) < 4.78 is 5.27. The lowest BCUT2D eigenvalue weighted by atomic mass is 10.1. The van der Waals surface area contributed by atoms with Crippen LogP contribution in [0.1, 0.15) is 30.1 Å². The summed E-state index contributed by atoms with van der Waals surface area (Å²) in [6.45, 7) is 3.62. The molecule has 1 amide bonds. The van der Waals surface area contributed by atoms with E-state index in [9.17, 15) is 14.9 Å². The van der Waals surface area contributed by atoms with Crippen molar-refractivity contribution in [1.82, 2.24) is 5.32 Å². The Kier molecular flexibility index (Phi) is 5.10. The molecule has 0 aliphatic carbocycles. The van der Waals surface area contributed by atoms with Crippen LogP contribution in [-0.4, -0.2) is 36.6 Å². The molecule has 21 heavy (non-hydrogen) atoms. The molecule has 1 aliphatic heterocycles. The normalized spacial score (nSPS) is 15.5. The number of rotatable bonds is 5. The Morgan fingerprint density at radius 3 is 2.76 bits per heavy atom. The van der Waals surface area contributed by atoms with Gasteiger partial charge in [-0.15, -0.1) is 0 Å². The van der Waals surface area contributed by atoms with Crippen LogP contribution in [0.25, 0.3) is 0 Å². The number of carbonyl (C=O) groups excluding carboxylic acids is 1. The molecule has 1 fully saturated rings. The topological polar surface area (TPSA) is 93.5 Å². The number of hydrogen-bond donors (Lipinski definition) is 2. The van der Waals surface area contributed by atoms with E-state index >= 15 is 0 Å². The maximum atomic E-state index is 11.8. The number of hydrogen-bond acceptors (Lipinski definition) is 5. The summed E-state index contributed by atoms with van der Waals surface area (Å²) >= 11 is 0. The molecule has 0 unspecified atom stereocenters. The number of amides is 1. The van der Waals surface area contributed by atoms with E-state index in [1.807, 2.05) is 6.92 Å². The van der Waals surface area contributed by atoms with Crippen LogP contribution < -0.4 is 10.6 Å². The summed E-state index contributed by atoms with van der Waals surface area (Å²) in [5.74, 6) is -0.234. The van der Waals surface area contributed by atoms with Crippen molar-refractivity contribution in [2.24, 2.45) is 0 Å². The van der Waals surface area contributed by atoms with E-state index in [0.717, 1.165) is 12.8 Å². The van der Waals surface area contributed by atoms with Gasteiger partial charge in [-0.05, 0) is 31.9 Å². The minimum absolute atomic E-state index is 0.0189. The molecule has 2 rings (SSSR count). The third-order valence-corrected chi connectivity index (χ3v) is 3.37. The highest BCUT2D eigenvalue weighted by atomic mass is 16.6. The van der Waals surface area contributed by atoms with E-state index in [0.29, 0.717) is 31.0 Å². The molecule has 1 heterocycles. The highest BCUT2D eigenvalue weighted by molar-refractivity contribution is 5.95. The second kappa shape index (κ2) is 7.03. The maximum Gasteiger partial charge on any atom is 0.292 e. The van der Waals surface area contributed by atoms with E-state index in [1.54, 1.807) is 6.07 Å². The largest absolute Gasteiger partial charge is 0.381 e. The quantitative estimate of drug-likeness (QED) is 0.639. The Morgan fingerprint density at radius 1 is 1.43 bits per heavy atom. The van der Waals surface area contributed by atoms with Crippen molar-refractivity contribution in [2.75, 3.05) is 25.1 Å². The number of nitro groups is 1. The van der Waals surface area contributed by atoms with Gasteiger partial charge in [-0.1, -0.05) is 0 Å². The van der Waals surface area contributed by atoms with Crippen LogP contribution >= 0.6 is 0 Å². The second-order valence-electron chi connectivity index (χ2n) is 4.88. The molecule has 0 aromatic heterocycles. The standard InChI is InChI=1S/C14H19N3O4/c1-2-15-14(18)10-3-4-13(17(19)20)12(9-10)16-11-5-7-21-8-6-11/h3-4,9,11,16H,2,5-8H2,1H3,(H,15,18). The first-order valence-corrected chi connectivity index (χ1v) is 7.02. The molecule has 0 radical (unpaired) electrons. The smallest absolute Gasteiger partial charge is 0.292 e. The predicted molar refractivity (Wildman–Crippen MR) is 78.6 cm³/mol. The first-order chi connectivity index (χ1) is 10.1. The van der Waals surface area contributed by atoms with E-state index in [1.165, 1.54) is 12.1 Å². The molecule has 0 saturated carbocycles. The minimum atomic E-state index is -0.441. The van der Waals surface area contributed by atoms with Crippen LogP contribution in [-0.2, 0) is 4.74 Å². The molecule has 0 spiro atoms. The fourth-order valence-electron chi connectivity index (χ4n) is 2.28. The van der Waals surface area contributed by atoms with Gasteiger partial charge < -0.3 is 15.4 Å². The fourth-order valence-corrected chi connectivity index (χ4v) is 2.28. The zero-order chi connectivity index (χ0) is 15.2. The molecule has 114 valence electrons. The zero-order valence-corrected chi connectivity index (χ0v) is 11.9. The van der Waals surface area contributed by atoms with E-state index in [4.69, 9.17) is 4.74 Å². The van der Waals surface area contributed by atoms with Gasteiger partial charge in [-0.25, -0.2) is 0 Å². The van der Waals surface area contributed by atoms with Gasteiger partial charge in [0.15, 0.2) is 0 Å². The van der Waals surface area contributed by atoms with Crippen molar-refractivity contribution in [3.05, 3.63) is 33.9 Å². The number of carbonyl (C=O) groups is 1. The minimum Gasteiger partial charge on any atom is -0.381 e.